The third-order valence-electron chi connectivity index (χ3n) is 4.12. The molecule has 2 heterocycles. The fourth-order valence-electron chi connectivity index (χ4n) is 2.80. The van der Waals surface area contributed by atoms with Gasteiger partial charge >= 0.3 is 0 Å². The third kappa shape index (κ3) is 5.97. The van der Waals surface area contributed by atoms with Gasteiger partial charge in [0.15, 0.2) is 13.8 Å². The van der Waals surface area contributed by atoms with Gasteiger partial charge in [-0.05, 0) is 37.5 Å². The second-order valence-electron chi connectivity index (χ2n) is 6.71. The number of thiazole rings is 1. The maximum atomic E-state index is 12.4. The van der Waals surface area contributed by atoms with Crippen LogP contribution in [0.25, 0.3) is 0 Å². The van der Waals surface area contributed by atoms with Crippen LogP contribution in [-0.2, 0) is 10.5 Å². The van der Waals surface area contributed by atoms with Crippen molar-refractivity contribution >= 4 is 74.5 Å². The molecular formula is C20H23ClN4OS4. The second-order valence-corrected chi connectivity index (χ2v) is 11.5. The number of carbonyl (C=O) groups is 1. The Morgan fingerprint density at radius 3 is 2.60 bits per heavy atom. The molecule has 0 radical (unpaired) electrons. The first-order valence-corrected chi connectivity index (χ1v) is 13.5. The van der Waals surface area contributed by atoms with E-state index in [0.29, 0.717) is 21.6 Å². The molecule has 0 spiro atoms. The number of anilines is 2. The number of amides is 1. The molecule has 0 bridgehead atoms. The summed E-state index contributed by atoms with van der Waals surface area (Å²) in [5.74, 6) is 1.64. The molecule has 0 fully saturated rings. The molecule has 10 heteroatoms. The number of thioether (sulfide) groups is 2. The smallest absolute Gasteiger partial charge is 0.230 e. The SMILES string of the molecule is CCCCSc1nnc(SCc2csc(N(C(C)=O)c3c(C)cc(C)cc3Cl)n2)s1. The molecule has 30 heavy (non-hydrogen) atoms. The molecule has 5 nitrogen and oxygen atoms in total. The van der Waals surface area contributed by atoms with Crippen LogP contribution in [0.3, 0.4) is 0 Å². The lowest BCUT2D eigenvalue weighted by molar-refractivity contribution is -0.115. The van der Waals surface area contributed by atoms with Crippen LogP contribution in [0.15, 0.2) is 26.2 Å². The zero-order valence-electron chi connectivity index (χ0n) is 17.3. The van der Waals surface area contributed by atoms with Gasteiger partial charge in [0.05, 0.1) is 16.4 Å². The summed E-state index contributed by atoms with van der Waals surface area (Å²) in [6, 6.07) is 3.89. The lowest BCUT2D eigenvalue weighted by atomic mass is 10.1. The first kappa shape index (κ1) is 23.5. The van der Waals surface area contributed by atoms with Gasteiger partial charge in [-0.3, -0.25) is 9.69 Å². The van der Waals surface area contributed by atoms with Crippen LogP contribution in [0.4, 0.5) is 10.8 Å². The molecule has 0 N–H and O–H groups in total. The lowest BCUT2D eigenvalue weighted by Gasteiger charge is -2.22. The van der Waals surface area contributed by atoms with Crippen molar-refractivity contribution in [3.8, 4) is 0 Å². The molecule has 3 rings (SSSR count). The number of unbranched alkanes of at least 4 members (excludes halogenated alkanes) is 1. The Hall–Kier alpha value is -1.13. The van der Waals surface area contributed by atoms with Crippen molar-refractivity contribution in [1.29, 1.82) is 0 Å². The van der Waals surface area contributed by atoms with Crippen molar-refractivity contribution < 1.29 is 4.79 Å². The van der Waals surface area contributed by atoms with Crippen LogP contribution < -0.4 is 4.90 Å². The predicted molar refractivity (Wildman–Crippen MR) is 131 cm³/mol. The average molecular weight is 499 g/mol. The molecule has 1 amide bonds. The summed E-state index contributed by atoms with van der Waals surface area (Å²) in [7, 11) is 0. The summed E-state index contributed by atoms with van der Waals surface area (Å²) in [5.41, 5.74) is 3.61. The van der Waals surface area contributed by atoms with Gasteiger partial charge in [0.25, 0.3) is 0 Å². The van der Waals surface area contributed by atoms with Gasteiger partial charge in [-0.2, -0.15) is 0 Å². The first-order chi connectivity index (χ1) is 14.4. The van der Waals surface area contributed by atoms with Gasteiger partial charge in [0, 0.05) is 23.8 Å². The van der Waals surface area contributed by atoms with E-state index in [1.165, 1.54) is 31.1 Å². The monoisotopic (exact) mass is 498 g/mol. The van der Waals surface area contributed by atoms with E-state index < -0.39 is 0 Å². The summed E-state index contributed by atoms with van der Waals surface area (Å²) in [6.07, 6.45) is 2.37. The van der Waals surface area contributed by atoms with E-state index in [-0.39, 0.29) is 5.91 Å². The molecule has 0 saturated heterocycles. The number of rotatable bonds is 9. The van der Waals surface area contributed by atoms with Crippen molar-refractivity contribution in [1.82, 2.24) is 15.2 Å². The van der Waals surface area contributed by atoms with E-state index in [1.54, 1.807) is 39.8 Å². The van der Waals surface area contributed by atoms with Gasteiger partial charge in [-0.15, -0.1) is 21.5 Å². The highest BCUT2D eigenvalue weighted by Crippen LogP contribution is 2.38. The quantitative estimate of drug-likeness (QED) is 0.231. The number of aromatic nitrogens is 3. The summed E-state index contributed by atoms with van der Waals surface area (Å²) in [6.45, 7) is 7.66. The molecule has 0 aliphatic rings. The van der Waals surface area contributed by atoms with Crippen molar-refractivity contribution in [2.24, 2.45) is 0 Å². The molecule has 2 aromatic heterocycles. The molecule has 0 atom stereocenters. The standard InChI is InChI=1S/C20H23ClN4OS4/c1-5-6-7-27-19-23-24-20(30-19)29-11-15-10-28-18(22-15)25(14(4)26)17-13(3)8-12(2)9-16(17)21/h8-10H,5-7,11H2,1-4H3. The topological polar surface area (TPSA) is 59.0 Å². The van der Waals surface area contributed by atoms with Crippen molar-refractivity contribution in [2.75, 3.05) is 10.7 Å². The predicted octanol–water partition coefficient (Wildman–Crippen LogP) is 7.13. The Morgan fingerprint density at radius 1 is 1.20 bits per heavy atom. The number of carbonyl (C=O) groups excluding carboxylic acids is 1. The van der Waals surface area contributed by atoms with Crippen molar-refractivity contribution in [3.05, 3.63) is 39.4 Å². The number of halogens is 1. The number of nitrogens with zero attached hydrogens (tertiary/aromatic N) is 4. The van der Waals surface area contributed by atoms with E-state index in [2.05, 4.69) is 17.1 Å². The molecule has 0 saturated carbocycles. The Labute approximate surface area is 198 Å². The van der Waals surface area contributed by atoms with Crippen LogP contribution in [0, 0.1) is 13.8 Å². The fraction of sp³-hybridized carbons (Fsp3) is 0.400. The van der Waals surface area contributed by atoms with Crippen LogP contribution in [0.2, 0.25) is 5.02 Å². The van der Waals surface area contributed by atoms with Crippen molar-refractivity contribution in [3.63, 3.8) is 0 Å². The Bertz CT molecular complexity index is 997. The first-order valence-electron chi connectivity index (χ1n) is 9.50. The molecule has 0 aliphatic heterocycles. The van der Waals surface area contributed by atoms with Crippen LogP contribution in [0.1, 0.15) is 43.5 Å². The minimum absolute atomic E-state index is 0.115. The summed E-state index contributed by atoms with van der Waals surface area (Å²) in [5, 5.41) is 11.7. The van der Waals surface area contributed by atoms with Gasteiger partial charge in [0.2, 0.25) is 5.91 Å². The molecule has 1 aromatic carbocycles. The van der Waals surface area contributed by atoms with Gasteiger partial charge in [-0.25, -0.2) is 4.98 Å². The number of aryl methyl sites for hydroxylation is 2. The summed E-state index contributed by atoms with van der Waals surface area (Å²) >= 11 is 12.9. The summed E-state index contributed by atoms with van der Waals surface area (Å²) < 4.78 is 1.95. The Morgan fingerprint density at radius 2 is 1.93 bits per heavy atom. The zero-order chi connectivity index (χ0) is 21.7. The van der Waals surface area contributed by atoms with E-state index in [0.717, 1.165) is 31.3 Å². The van der Waals surface area contributed by atoms with E-state index >= 15 is 0 Å². The van der Waals surface area contributed by atoms with Gasteiger partial charge in [-0.1, -0.05) is 65.9 Å². The van der Waals surface area contributed by atoms with Crippen LogP contribution in [0.5, 0.6) is 0 Å². The maximum Gasteiger partial charge on any atom is 0.230 e. The van der Waals surface area contributed by atoms with E-state index in [9.17, 15) is 4.79 Å². The summed E-state index contributed by atoms with van der Waals surface area (Å²) in [4.78, 5) is 18.7. The molecule has 0 unspecified atom stereocenters. The highest BCUT2D eigenvalue weighted by atomic mass is 35.5. The highest BCUT2D eigenvalue weighted by Gasteiger charge is 2.22. The van der Waals surface area contributed by atoms with Crippen molar-refractivity contribution in [2.45, 2.75) is 55.0 Å². The Kier molecular flexibility index (Phi) is 8.59. The minimum Gasteiger partial charge on any atom is -0.274 e. The molecule has 3 aromatic rings. The molecule has 0 aliphatic carbocycles. The lowest BCUT2D eigenvalue weighted by Crippen LogP contribution is -2.24. The fourth-order valence-corrected chi connectivity index (χ4v) is 7.25. The van der Waals surface area contributed by atoms with E-state index in [1.807, 2.05) is 31.4 Å². The Balaban J connectivity index is 1.71. The van der Waals surface area contributed by atoms with E-state index in [4.69, 9.17) is 16.6 Å². The average Bonchev–Trinajstić information content (AvgIpc) is 3.32. The number of benzene rings is 1. The second kappa shape index (κ2) is 10.9. The largest absolute Gasteiger partial charge is 0.274 e. The normalized spacial score (nSPS) is 11.1. The number of hydrogen-bond acceptors (Lipinski definition) is 8. The zero-order valence-corrected chi connectivity index (χ0v) is 21.3. The van der Waals surface area contributed by atoms with Crippen LogP contribution in [-0.4, -0.2) is 26.8 Å². The van der Waals surface area contributed by atoms with Gasteiger partial charge < -0.3 is 0 Å². The minimum atomic E-state index is -0.115. The molecular weight excluding hydrogens is 476 g/mol. The third-order valence-corrected chi connectivity index (χ3v) is 8.60. The van der Waals surface area contributed by atoms with Gasteiger partial charge in [0.1, 0.15) is 0 Å². The van der Waals surface area contributed by atoms with Crippen LogP contribution >= 0.6 is 57.8 Å². The number of hydrogen-bond donors (Lipinski definition) is 0. The molecule has 160 valence electrons. The maximum absolute atomic E-state index is 12.4. The highest BCUT2D eigenvalue weighted by molar-refractivity contribution is 8.02.